The molecule has 4 aromatic rings. The minimum absolute atomic E-state index is 0.00189. The number of carbonyl (C=O) groups is 1. The Morgan fingerprint density at radius 1 is 1.17 bits per heavy atom. The molecule has 0 fully saturated rings. The zero-order valence-electron chi connectivity index (χ0n) is 20.1. The van der Waals surface area contributed by atoms with E-state index in [1.807, 2.05) is 32.9 Å². The molecule has 4 rings (SSSR count). The van der Waals surface area contributed by atoms with Crippen LogP contribution in [0.2, 0.25) is 10.0 Å². The van der Waals surface area contributed by atoms with Gasteiger partial charge < -0.3 is 9.72 Å². The summed E-state index contributed by atoms with van der Waals surface area (Å²) in [6.07, 6.45) is 1.14. The van der Waals surface area contributed by atoms with Crippen LogP contribution in [-0.4, -0.2) is 31.6 Å². The van der Waals surface area contributed by atoms with Crippen molar-refractivity contribution >= 4 is 40.5 Å². The molecule has 0 aliphatic carbocycles. The fraction of sp³-hybridized carbons (Fsp3) is 0.308. The molecule has 2 aromatic carbocycles. The Kier molecular flexibility index (Phi) is 6.75. The number of aromatic amines is 1. The van der Waals surface area contributed by atoms with Crippen LogP contribution in [0.1, 0.15) is 56.3 Å². The Balaban J connectivity index is 1.79. The topological polar surface area (TPSA) is 89.9 Å². The number of benzene rings is 2. The third kappa shape index (κ3) is 5.11. The minimum atomic E-state index is -0.910. The number of halogens is 2. The van der Waals surface area contributed by atoms with Gasteiger partial charge in [-0.1, -0.05) is 49.2 Å². The van der Waals surface area contributed by atoms with Crippen LogP contribution in [0, 0.1) is 6.92 Å². The van der Waals surface area contributed by atoms with E-state index in [1.54, 1.807) is 42.8 Å². The van der Waals surface area contributed by atoms with Gasteiger partial charge in [0.15, 0.2) is 17.5 Å². The summed E-state index contributed by atoms with van der Waals surface area (Å²) in [7, 11) is 0. The van der Waals surface area contributed by atoms with Gasteiger partial charge in [0.25, 0.3) is 5.56 Å². The smallest absolute Gasteiger partial charge is 0.262 e. The fourth-order valence-corrected chi connectivity index (χ4v) is 4.57. The molecule has 35 heavy (non-hydrogen) atoms. The Morgan fingerprint density at radius 2 is 1.86 bits per heavy atom. The fourth-order valence-electron chi connectivity index (χ4n) is 3.90. The van der Waals surface area contributed by atoms with Crippen molar-refractivity contribution in [3.8, 4) is 11.4 Å². The molecule has 9 heteroatoms. The first kappa shape index (κ1) is 24.9. The van der Waals surface area contributed by atoms with Crippen LogP contribution in [-0.2, 0) is 11.2 Å². The van der Waals surface area contributed by atoms with E-state index in [0.717, 1.165) is 17.4 Å². The van der Waals surface area contributed by atoms with E-state index in [2.05, 4.69) is 4.98 Å². The van der Waals surface area contributed by atoms with E-state index in [4.69, 9.17) is 38.0 Å². The van der Waals surface area contributed by atoms with E-state index in [-0.39, 0.29) is 11.5 Å². The van der Waals surface area contributed by atoms with Crippen molar-refractivity contribution in [2.24, 2.45) is 0 Å². The highest BCUT2D eigenvalue weighted by atomic mass is 35.5. The molecule has 0 amide bonds. The van der Waals surface area contributed by atoms with Crippen molar-refractivity contribution < 1.29 is 9.53 Å². The number of aryl methyl sites for hydroxylation is 1. The standard InChI is InChI=1S/C26H26Cl2N4O3/c1-14(2)22-21-24(32(31-22)23-15(3)10-17(27)12-19(23)28)29-20(30-25(21)34)11-16-6-8-18(9-7-16)35-26(4,5)13-33/h6-10,12-14H,11H2,1-5H3,(H,29,30,34). The molecule has 182 valence electrons. The molecule has 0 unspecified atom stereocenters. The number of fused-ring (bicyclic) bond motifs is 1. The lowest BCUT2D eigenvalue weighted by atomic mass is 10.1. The van der Waals surface area contributed by atoms with Gasteiger partial charge in [-0.2, -0.15) is 5.10 Å². The van der Waals surface area contributed by atoms with Crippen molar-refractivity contribution in [3.63, 3.8) is 0 Å². The van der Waals surface area contributed by atoms with Crippen molar-refractivity contribution in [1.82, 2.24) is 19.7 Å². The number of hydrogen-bond donors (Lipinski definition) is 1. The van der Waals surface area contributed by atoms with Crippen molar-refractivity contribution in [3.05, 3.63) is 79.4 Å². The predicted octanol–water partition coefficient (Wildman–Crippen LogP) is 5.79. The average Bonchev–Trinajstić information content (AvgIpc) is 3.14. The summed E-state index contributed by atoms with van der Waals surface area (Å²) in [5, 5.41) is 6.12. The molecule has 0 saturated heterocycles. The summed E-state index contributed by atoms with van der Waals surface area (Å²) in [5.41, 5.74) is 2.29. The Bertz CT molecular complexity index is 1450. The zero-order chi connectivity index (χ0) is 25.5. The first-order chi connectivity index (χ1) is 16.5. The van der Waals surface area contributed by atoms with Crippen LogP contribution >= 0.6 is 23.2 Å². The minimum Gasteiger partial charge on any atom is -0.480 e. The van der Waals surface area contributed by atoms with Gasteiger partial charge >= 0.3 is 0 Å². The van der Waals surface area contributed by atoms with E-state index in [0.29, 0.717) is 50.5 Å². The quantitative estimate of drug-likeness (QED) is 0.316. The normalized spacial score (nSPS) is 11.9. The molecule has 0 saturated carbocycles. The lowest BCUT2D eigenvalue weighted by molar-refractivity contribution is -0.118. The van der Waals surface area contributed by atoms with E-state index < -0.39 is 5.60 Å². The van der Waals surface area contributed by atoms with Crippen LogP contribution in [0.25, 0.3) is 16.7 Å². The maximum absolute atomic E-state index is 13.2. The molecule has 0 aliphatic heterocycles. The molecular weight excluding hydrogens is 487 g/mol. The van der Waals surface area contributed by atoms with Gasteiger partial charge in [0.05, 0.1) is 16.4 Å². The van der Waals surface area contributed by atoms with Gasteiger partial charge in [0.1, 0.15) is 17.0 Å². The summed E-state index contributed by atoms with van der Waals surface area (Å²) in [5.74, 6) is 1.07. The van der Waals surface area contributed by atoms with Crippen LogP contribution in [0.4, 0.5) is 0 Å². The van der Waals surface area contributed by atoms with Gasteiger partial charge in [-0.3, -0.25) is 9.59 Å². The molecular formula is C26H26Cl2N4O3. The van der Waals surface area contributed by atoms with Crippen LogP contribution in [0.3, 0.4) is 0 Å². The third-order valence-corrected chi connectivity index (χ3v) is 6.06. The number of aldehydes is 1. The monoisotopic (exact) mass is 512 g/mol. The highest BCUT2D eigenvalue weighted by molar-refractivity contribution is 6.36. The predicted molar refractivity (Wildman–Crippen MR) is 138 cm³/mol. The summed E-state index contributed by atoms with van der Waals surface area (Å²) < 4.78 is 7.31. The largest absolute Gasteiger partial charge is 0.480 e. The van der Waals surface area contributed by atoms with Gasteiger partial charge in [0, 0.05) is 11.4 Å². The Labute approximate surface area is 213 Å². The van der Waals surface area contributed by atoms with Crippen molar-refractivity contribution in [2.45, 2.75) is 52.6 Å². The number of rotatable bonds is 7. The second kappa shape index (κ2) is 9.47. The van der Waals surface area contributed by atoms with Crippen LogP contribution < -0.4 is 10.3 Å². The molecule has 2 heterocycles. The number of ether oxygens (including phenoxy) is 1. The van der Waals surface area contributed by atoms with Gasteiger partial charge in [-0.25, -0.2) is 9.67 Å². The summed E-state index contributed by atoms with van der Waals surface area (Å²) >= 11 is 12.7. The number of H-pyrrole nitrogens is 1. The lowest BCUT2D eigenvalue weighted by Gasteiger charge is -2.19. The second-order valence-electron chi connectivity index (χ2n) is 9.36. The SMILES string of the molecule is Cc1cc(Cl)cc(Cl)c1-n1nc(C(C)C)c2c(=O)[nH]c(Cc3ccc(OC(C)(C)C=O)cc3)nc21. The summed E-state index contributed by atoms with van der Waals surface area (Å²) in [4.78, 5) is 32.0. The number of nitrogens with zero attached hydrogens (tertiary/aromatic N) is 3. The van der Waals surface area contributed by atoms with E-state index >= 15 is 0 Å². The Hall–Kier alpha value is -3.16. The first-order valence-electron chi connectivity index (χ1n) is 11.2. The number of hydrogen-bond acceptors (Lipinski definition) is 5. The molecule has 7 nitrogen and oxygen atoms in total. The van der Waals surface area contributed by atoms with Gasteiger partial charge in [0.2, 0.25) is 0 Å². The van der Waals surface area contributed by atoms with E-state index in [9.17, 15) is 9.59 Å². The van der Waals surface area contributed by atoms with Crippen LogP contribution in [0.15, 0.2) is 41.2 Å². The molecule has 1 N–H and O–H groups in total. The molecule has 0 radical (unpaired) electrons. The number of carbonyl (C=O) groups excluding carboxylic acids is 1. The molecule has 0 aliphatic rings. The molecule has 0 spiro atoms. The average molecular weight is 513 g/mol. The third-order valence-electron chi connectivity index (χ3n) is 5.55. The first-order valence-corrected chi connectivity index (χ1v) is 12.0. The zero-order valence-corrected chi connectivity index (χ0v) is 21.7. The van der Waals surface area contributed by atoms with Crippen molar-refractivity contribution in [2.75, 3.05) is 0 Å². The highest BCUT2D eigenvalue weighted by Gasteiger charge is 2.23. The summed E-state index contributed by atoms with van der Waals surface area (Å²) in [6, 6.07) is 10.8. The summed E-state index contributed by atoms with van der Waals surface area (Å²) in [6.45, 7) is 9.23. The highest BCUT2D eigenvalue weighted by Crippen LogP contribution is 2.32. The van der Waals surface area contributed by atoms with Crippen molar-refractivity contribution in [1.29, 1.82) is 0 Å². The molecule has 0 atom stereocenters. The van der Waals surface area contributed by atoms with Gasteiger partial charge in [-0.15, -0.1) is 0 Å². The molecule has 0 bridgehead atoms. The maximum atomic E-state index is 13.2. The van der Waals surface area contributed by atoms with E-state index in [1.165, 1.54) is 0 Å². The van der Waals surface area contributed by atoms with Crippen LogP contribution in [0.5, 0.6) is 5.75 Å². The lowest BCUT2D eigenvalue weighted by Crippen LogP contribution is -2.29. The second-order valence-corrected chi connectivity index (χ2v) is 10.2. The number of aromatic nitrogens is 4. The van der Waals surface area contributed by atoms with Gasteiger partial charge in [-0.05, 0) is 62.1 Å². The Morgan fingerprint density at radius 3 is 2.46 bits per heavy atom. The maximum Gasteiger partial charge on any atom is 0.262 e. The molecule has 2 aromatic heterocycles. The number of nitrogens with one attached hydrogen (secondary N) is 1.